The van der Waals surface area contributed by atoms with Crippen LogP contribution in [0.1, 0.15) is 13.8 Å². The molecule has 0 saturated heterocycles. The van der Waals surface area contributed by atoms with Gasteiger partial charge in [-0.1, -0.05) is 37.0 Å². The van der Waals surface area contributed by atoms with Crippen molar-refractivity contribution in [3.8, 4) is 0 Å². The molecule has 0 bridgehead atoms. The third-order valence-electron chi connectivity index (χ3n) is 3.54. The Labute approximate surface area is 161 Å². The lowest BCUT2D eigenvalue weighted by atomic mass is 10.0. The van der Waals surface area contributed by atoms with Crippen LogP contribution in [0.2, 0.25) is 10.0 Å². The van der Waals surface area contributed by atoms with Gasteiger partial charge in [-0.15, -0.1) is 0 Å². The van der Waals surface area contributed by atoms with Crippen LogP contribution in [0.5, 0.6) is 0 Å². The second kappa shape index (κ2) is 8.35. The second-order valence-corrected chi connectivity index (χ2v) is 8.44. The van der Waals surface area contributed by atoms with Crippen molar-refractivity contribution in [3.63, 3.8) is 0 Å². The summed E-state index contributed by atoms with van der Waals surface area (Å²) in [5.41, 5.74) is 0.357. The zero-order valence-corrected chi connectivity index (χ0v) is 16.3. The SMILES string of the molecule is CC(C)C(NS(=O)(=O)c1ccc(Cl)c(Cl)c1)C(=O)Nc1ccc(F)cc1. The Morgan fingerprint density at radius 2 is 1.65 bits per heavy atom. The van der Waals surface area contributed by atoms with Gasteiger partial charge in [0.15, 0.2) is 0 Å². The topological polar surface area (TPSA) is 75.3 Å². The summed E-state index contributed by atoms with van der Waals surface area (Å²) in [6.45, 7) is 3.40. The highest BCUT2D eigenvalue weighted by Crippen LogP contribution is 2.25. The molecule has 2 aromatic rings. The zero-order valence-electron chi connectivity index (χ0n) is 14.0. The van der Waals surface area contributed by atoms with E-state index in [2.05, 4.69) is 10.0 Å². The van der Waals surface area contributed by atoms with Crippen LogP contribution in [0, 0.1) is 11.7 Å². The molecule has 0 spiro atoms. The van der Waals surface area contributed by atoms with Crippen molar-refractivity contribution in [1.82, 2.24) is 4.72 Å². The number of carbonyl (C=O) groups excluding carboxylic acids is 1. The number of hydrogen-bond acceptors (Lipinski definition) is 3. The molecule has 0 radical (unpaired) electrons. The largest absolute Gasteiger partial charge is 0.325 e. The van der Waals surface area contributed by atoms with Gasteiger partial charge >= 0.3 is 0 Å². The fourth-order valence-corrected chi connectivity index (χ4v) is 3.86. The maximum Gasteiger partial charge on any atom is 0.242 e. The number of anilines is 1. The number of amides is 1. The van der Waals surface area contributed by atoms with Gasteiger partial charge in [-0.2, -0.15) is 4.72 Å². The molecule has 0 heterocycles. The molecule has 9 heteroatoms. The average molecular weight is 419 g/mol. The van der Waals surface area contributed by atoms with Crippen LogP contribution >= 0.6 is 23.2 Å². The van der Waals surface area contributed by atoms with Gasteiger partial charge in [0.2, 0.25) is 15.9 Å². The van der Waals surface area contributed by atoms with E-state index in [1.807, 2.05) is 0 Å². The van der Waals surface area contributed by atoms with Gasteiger partial charge in [0, 0.05) is 5.69 Å². The summed E-state index contributed by atoms with van der Waals surface area (Å²) in [4.78, 5) is 12.4. The number of carbonyl (C=O) groups is 1. The van der Waals surface area contributed by atoms with E-state index in [0.29, 0.717) is 5.69 Å². The van der Waals surface area contributed by atoms with E-state index in [1.54, 1.807) is 13.8 Å². The second-order valence-electron chi connectivity index (χ2n) is 5.92. The summed E-state index contributed by atoms with van der Waals surface area (Å²) >= 11 is 11.7. The Hall–Kier alpha value is -1.67. The monoisotopic (exact) mass is 418 g/mol. The van der Waals surface area contributed by atoms with Crippen LogP contribution in [0.3, 0.4) is 0 Å². The predicted molar refractivity (Wildman–Crippen MR) is 100 cm³/mol. The van der Waals surface area contributed by atoms with Crippen LogP contribution < -0.4 is 10.0 Å². The van der Waals surface area contributed by atoms with E-state index in [0.717, 1.165) is 0 Å². The van der Waals surface area contributed by atoms with E-state index >= 15 is 0 Å². The number of hydrogen-bond donors (Lipinski definition) is 2. The molecule has 1 atom stereocenters. The third-order valence-corrected chi connectivity index (χ3v) is 5.72. The normalized spacial score (nSPS) is 12.8. The summed E-state index contributed by atoms with van der Waals surface area (Å²) in [5.74, 6) is -1.34. The molecule has 26 heavy (non-hydrogen) atoms. The van der Waals surface area contributed by atoms with Crippen molar-refractivity contribution in [2.75, 3.05) is 5.32 Å². The summed E-state index contributed by atoms with van der Waals surface area (Å²) < 4.78 is 40.5. The minimum atomic E-state index is -4.00. The molecule has 0 fully saturated rings. The van der Waals surface area contributed by atoms with Crippen LogP contribution in [-0.2, 0) is 14.8 Å². The molecule has 2 N–H and O–H groups in total. The van der Waals surface area contributed by atoms with Crippen molar-refractivity contribution in [1.29, 1.82) is 0 Å². The highest BCUT2D eigenvalue weighted by atomic mass is 35.5. The number of halogens is 3. The highest BCUT2D eigenvalue weighted by molar-refractivity contribution is 7.89. The summed E-state index contributed by atoms with van der Waals surface area (Å²) in [6.07, 6.45) is 0. The molecule has 5 nitrogen and oxygen atoms in total. The van der Waals surface area contributed by atoms with Crippen LogP contribution in [-0.4, -0.2) is 20.4 Å². The van der Waals surface area contributed by atoms with Crippen LogP contribution in [0.25, 0.3) is 0 Å². The minimum Gasteiger partial charge on any atom is -0.325 e. The van der Waals surface area contributed by atoms with Gasteiger partial charge in [-0.3, -0.25) is 4.79 Å². The molecule has 0 aliphatic heterocycles. The van der Waals surface area contributed by atoms with Gasteiger partial charge in [0.25, 0.3) is 0 Å². The van der Waals surface area contributed by atoms with E-state index in [9.17, 15) is 17.6 Å². The maximum atomic E-state index is 13.0. The van der Waals surface area contributed by atoms with E-state index in [4.69, 9.17) is 23.2 Å². The Balaban J connectivity index is 2.22. The Morgan fingerprint density at radius 3 is 2.19 bits per heavy atom. The summed E-state index contributed by atoms with van der Waals surface area (Å²) in [5, 5.41) is 2.88. The van der Waals surface area contributed by atoms with Crippen molar-refractivity contribution >= 4 is 44.8 Å². The van der Waals surface area contributed by atoms with Crippen molar-refractivity contribution in [3.05, 3.63) is 58.3 Å². The van der Waals surface area contributed by atoms with E-state index in [-0.39, 0.29) is 20.9 Å². The number of sulfonamides is 1. The highest BCUT2D eigenvalue weighted by Gasteiger charge is 2.28. The fourth-order valence-electron chi connectivity index (χ4n) is 2.12. The van der Waals surface area contributed by atoms with Gasteiger partial charge in [0.05, 0.1) is 14.9 Å². The van der Waals surface area contributed by atoms with Gasteiger partial charge in [-0.25, -0.2) is 12.8 Å². The Bertz CT molecular complexity index is 903. The average Bonchev–Trinajstić information content (AvgIpc) is 2.57. The first-order valence-electron chi connectivity index (χ1n) is 7.64. The van der Waals surface area contributed by atoms with Gasteiger partial charge in [-0.05, 0) is 48.4 Å². The van der Waals surface area contributed by atoms with Crippen molar-refractivity contribution in [2.24, 2.45) is 5.92 Å². The van der Waals surface area contributed by atoms with E-state index < -0.39 is 27.8 Å². The molecule has 0 aliphatic rings. The smallest absolute Gasteiger partial charge is 0.242 e. The van der Waals surface area contributed by atoms with Gasteiger partial charge in [0.1, 0.15) is 11.9 Å². The molecule has 2 rings (SSSR count). The zero-order chi connectivity index (χ0) is 19.5. The molecule has 0 aromatic heterocycles. The quantitative estimate of drug-likeness (QED) is 0.741. The van der Waals surface area contributed by atoms with Gasteiger partial charge < -0.3 is 5.32 Å². The number of rotatable bonds is 6. The Kier molecular flexibility index (Phi) is 6.63. The lowest BCUT2D eigenvalue weighted by Crippen LogP contribution is -2.47. The minimum absolute atomic E-state index is 0.0893. The van der Waals surface area contributed by atoms with Crippen molar-refractivity contribution in [2.45, 2.75) is 24.8 Å². The maximum absolute atomic E-state index is 13.0. The molecule has 0 saturated carbocycles. The first-order valence-corrected chi connectivity index (χ1v) is 9.88. The molecule has 1 unspecified atom stereocenters. The number of nitrogens with one attached hydrogen (secondary N) is 2. The molecular formula is C17H17Cl2FN2O3S. The Morgan fingerprint density at radius 1 is 1.04 bits per heavy atom. The molecule has 2 aromatic carbocycles. The lowest BCUT2D eigenvalue weighted by molar-refractivity contribution is -0.118. The fraction of sp³-hybridized carbons (Fsp3) is 0.235. The van der Waals surface area contributed by atoms with E-state index in [1.165, 1.54) is 42.5 Å². The van der Waals surface area contributed by atoms with Crippen LogP contribution in [0.4, 0.5) is 10.1 Å². The first kappa shape index (κ1) is 20.6. The molecule has 0 aliphatic carbocycles. The molecular weight excluding hydrogens is 402 g/mol. The third kappa shape index (κ3) is 5.17. The predicted octanol–water partition coefficient (Wildman–Crippen LogP) is 4.07. The summed E-state index contributed by atoms with van der Waals surface area (Å²) in [7, 11) is -4.00. The van der Waals surface area contributed by atoms with Crippen LogP contribution in [0.15, 0.2) is 47.4 Å². The molecule has 1 amide bonds. The lowest BCUT2D eigenvalue weighted by Gasteiger charge is -2.21. The molecule has 140 valence electrons. The standard InChI is InChI=1S/C17H17Cl2FN2O3S/c1-10(2)16(17(23)21-12-5-3-11(20)4-6-12)22-26(24,25)13-7-8-14(18)15(19)9-13/h3-10,16,22H,1-2H3,(H,21,23). The number of benzene rings is 2. The summed E-state index contributed by atoms with van der Waals surface area (Å²) in [6, 6.07) is 7.99. The van der Waals surface area contributed by atoms with Crippen molar-refractivity contribution < 1.29 is 17.6 Å². The first-order chi connectivity index (χ1) is 12.1.